The maximum Gasteiger partial charge on any atom is 2.00 e. The van der Waals surface area contributed by atoms with Gasteiger partial charge in [-0.3, -0.25) is 0 Å². The smallest absolute Gasteiger partial charge is 1.00 e. The average Bonchev–Trinajstić information content (AvgIpc) is 0.811. The first-order chi connectivity index (χ1) is 1.73. The molecule has 0 aliphatic heterocycles. The molecular formula is H11MgNO7. The van der Waals surface area contributed by atoms with Crippen LogP contribution in [0, 0.1) is 10.1 Å². The van der Waals surface area contributed by atoms with Crippen molar-refractivity contribution in [3.05, 3.63) is 10.1 Å². The third kappa shape index (κ3) is 7010. The Bertz CT molecular complexity index is 39.4. The van der Waals surface area contributed by atoms with Crippen LogP contribution in [0.15, 0.2) is 0 Å². The molecule has 0 radical (unpaired) electrons. The van der Waals surface area contributed by atoms with Crippen LogP contribution in [-0.2, 0) is 0 Å². The monoisotopic (exact) mass is 161 g/mol. The molecule has 0 rings (SSSR count). The summed E-state index contributed by atoms with van der Waals surface area (Å²) in [5.41, 5.74) is 0. The van der Waals surface area contributed by atoms with Gasteiger partial charge in [0, 0.05) is 0 Å². The van der Waals surface area contributed by atoms with E-state index >= 15 is 0 Å². The summed E-state index contributed by atoms with van der Waals surface area (Å²) >= 11 is 0. The topological polar surface area (TPSA) is 189 Å². The Morgan fingerprint density at radius 3 is 1.22 bits per heavy atom. The van der Waals surface area contributed by atoms with Crippen LogP contribution in [0.1, 0.15) is 2.85 Å². The second-order valence-electron chi connectivity index (χ2n) is 0.238. The molecule has 0 spiro atoms. The van der Waals surface area contributed by atoms with Crippen molar-refractivity contribution in [3.8, 4) is 0 Å². The molecule has 0 aliphatic carbocycles. The first-order valence-electron chi connectivity index (χ1n) is 0.565. The Labute approximate surface area is 68.9 Å². The summed E-state index contributed by atoms with van der Waals surface area (Å²) < 4.78 is 0. The zero-order chi connectivity index (χ0) is 3.58. The van der Waals surface area contributed by atoms with E-state index in [1.54, 1.807) is 0 Å². The molecule has 9 heteroatoms. The Morgan fingerprint density at radius 2 is 1.22 bits per heavy atom. The van der Waals surface area contributed by atoms with Crippen molar-refractivity contribution in [2.45, 2.75) is 0 Å². The molecule has 9 heavy (non-hydrogen) atoms. The molecule has 0 amide bonds. The van der Waals surface area contributed by atoms with Gasteiger partial charge in [-0.05, 0) is 0 Å². The molecule has 0 saturated heterocycles. The van der Waals surface area contributed by atoms with Gasteiger partial charge >= 0.3 is 23.1 Å². The van der Waals surface area contributed by atoms with Crippen molar-refractivity contribution < 1.29 is 35.1 Å². The molecule has 0 aromatic carbocycles. The molecular weight excluding hydrogens is 150 g/mol. The Kier molecular flexibility index (Phi) is 348. The van der Waals surface area contributed by atoms with E-state index in [1.165, 1.54) is 0 Å². The molecule has 0 aliphatic rings. The van der Waals surface area contributed by atoms with Crippen LogP contribution in [0.4, 0.5) is 0 Å². The SMILES string of the molecule is O.O.O.O.O=[N+]([O-])O.[H-].[H-].[Mg+2]. The van der Waals surface area contributed by atoms with Gasteiger partial charge in [0.2, 0.25) is 0 Å². The van der Waals surface area contributed by atoms with Gasteiger partial charge in [0.15, 0.2) is 0 Å². The summed E-state index contributed by atoms with van der Waals surface area (Å²) in [6, 6.07) is 0. The first kappa shape index (κ1) is 68.1. The van der Waals surface area contributed by atoms with E-state index in [2.05, 4.69) is 0 Å². The second kappa shape index (κ2) is 45.9. The van der Waals surface area contributed by atoms with E-state index in [9.17, 15) is 0 Å². The Balaban J connectivity index is -0.00000000214. The van der Waals surface area contributed by atoms with E-state index in [4.69, 9.17) is 15.3 Å². The maximum absolute atomic E-state index is 8.36. The molecule has 0 heterocycles. The average molecular weight is 161 g/mol. The van der Waals surface area contributed by atoms with Crippen molar-refractivity contribution in [1.29, 1.82) is 0 Å². The zero-order valence-electron chi connectivity index (χ0n) is 6.42. The molecule has 0 aromatic rings. The molecule has 0 fully saturated rings. The molecule has 0 unspecified atom stereocenters. The molecule has 8 nitrogen and oxygen atoms in total. The first-order valence-corrected chi connectivity index (χ1v) is 0.565. The quantitative estimate of drug-likeness (QED) is 0.217. The second-order valence-corrected chi connectivity index (χ2v) is 0.238. The van der Waals surface area contributed by atoms with Crippen molar-refractivity contribution in [3.63, 3.8) is 0 Å². The third-order valence-corrected chi connectivity index (χ3v) is 0. The predicted molar refractivity (Wildman–Crippen MR) is 31.2 cm³/mol. The Morgan fingerprint density at radius 1 is 1.22 bits per heavy atom. The van der Waals surface area contributed by atoms with Crippen LogP contribution in [0.25, 0.3) is 0 Å². The molecule has 0 bridgehead atoms. The molecule has 60 valence electrons. The fourth-order valence-electron chi connectivity index (χ4n) is 0. The fraction of sp³-hybridized carbons (Fsp3) is 0. The number of nitrogens with zero attached hydrogens (tertiary/aromatic N) is 1. The standard InChI is InChI=1S/Mg.HNO3.4H2O.2H/c;2-1(3)4;;;;;;/h;(H,2,3,4);4*1H2;;/q+2;;;;;;2*-1. The fourth-order valence-corrected chi connectivity index (χ4v) is 0. The summed E-state index contributed by atoms with van der Waals surface area (Å²) in [6.07, 6.45) is 0. The van der Waals surface area contributed by atoms with Gasteiger partial charge in [0.05, 0.1) is 0 Å². The number of rotatable bonds is 0. The number of hydrogen-bond acceptors (Lipinski definition) is 2. The van der Waals surface area contributed by atoms with E-state index in [0.29, 0.717) is 0 Å². The van der Waals surface area contributed by atoms with E-state index in [-0.39, 0.29) is 47.8 Å². The summed E-state index contributed by atoms with van der Waals surface area (Å²) in [4.78, 5) is 8.36. The zero-order valence-corrected chi connectivity index (χ0v) is 5.83. The van der Waals surface area contributed by atoms with E-state index < -0.39 is 5.09 Å². The van der Waals surface area contributed by atoms with Gasteiger partial charge in [-0.25, -0.2) is 0 Å². The summed E-state index contributed by atoms with van der Waals surface area (Å²) in [7, 11) is 0. The molecule has 0 atom stereocenters. The number of hydrogen-bond donors (Lipinski definition) is 1. The van der Waals surface area contributed by atoms with Crippen LogP contribution in [0.5, 0.6) is 0 Å². The summed E-state index contributed by atoms with van der Waals surface area (Å²) in [6.45, 7) is 0. The van der Waals surface area contributed by atoms with Crippen molar-refractivity contribution >= 4 is 23.1 Å². The van der Waals surface area contributed by atoms with Gasteiger partial charge in [0.25, 0.3) is 5.09 Å². The molecule has 0 saturated carbocycles. The van der Waals surface area contributed by atoms with Crippen LogP contribution in [0.2, 0.25) is 0 Å². The van der Waals surface area contributed by atoms with Gasteiger partial charge in [-0.2, -0.15) is 0 Å². The van der Waals surface area contributed by atoms with Crippen LogP contribution in [0.3, 0.4) is 0 Å². The minimum absolute atomic E-state index is 0. The van der Waals surface area contributed by atoms with Crippen LogP contribution in [-0.4, -0.2) is 55.3 Å². The van der Waals surface area contributed by atoms with E-state index in [0.717, 1.165) is 0 Å². The van der Waals surface area contributed by atoms with Crippen molar-refractivity contribution in [2.75, 3.05) is 0 Å². The van der Waals surface area contributed by atoms with Gasteiger partial charge in [-0.15, -0.1) is 10.1 Å². The largest absolute Gasteiger partial charge is 2.00 e. The van der Waals surface area contributed by atoms with Crippen LogP contribution < -0.4 is 0 Å². The minimum Gasteiger partial charge on any atom is -1.00 e. The van der Waals surface area contributed by atoms with Crippen molar-refractivity contribution in [2.24, 2.45) is 0 Å². The molecule has 9 N–H and O–H groups in total. The summed E-state index contributed by atoms with van der Waals surface area (Å²) in [5.74, 6) is 0. The molecule has 0 aromatic heterocycles. The summed E-state index contributed by atoms with van der Waals surface area (Å²) in [5, 5.41) is 13.6. The van der Waals surface area contributed by atoms with E-state index in [1.807, 2.05) is 0 Å². The van der Waals surface area contributed by atoms with Gasteiger partial charge in [-0.1, -0.05) is 0 Å². The third-order valence-electron chi connectivity index (χ3n) is 0. The normalized spacial score (nSPS) is 2.67. The van der Waals surface area contributed by atoms with Gasteiger partial charge < -0.3 is 30.0 Å². The predicted octanol–water partition coefficient (Wildman–Crippen LogP) is -3.80. The Hall–Kier alpha value is -0.194. The van der Waals surface area contributed by atoms with Crippen molar-refractivity contribution in [1.82, 2.24) is 0 Å². The van der Waals surface area contributed by atoms with Gasteiger partial charge in [0.1, 0.15) is 0 Å². The minimum atomic E-state index is -1.50. The van der Waals surface area contributed by atoms with Crippen LogP contribution >= 0.6 is 0 Å². The maximum atomic E-state index is 8.36.